The zero-order valence-electron chi connectivity index (χ0n) is 7.32. The number of hydrogen-bond donors (Lipinski definition) is 1. The number of rotatable bonds is 1. The van der Waals surface area contributed by atoms with Crippen molar-refractivity contribution >= 4 is 27.5 Å². The third-order valence-electron chi connectivity index (χ3n) is 2.64. The molecule has 1 aliphatic carbocycles. The Hall–Kier alpha value is 0.310. The Morgan fingerprint density at radius 1 is 1.58 bits per heavy atom. The quantitative estimate of drug-likeness (QED) is 0.712. The van der Waals surface area contributed by atoms with Crippen LogP contribution in [0.3, 0.4) is 0 Å². The second-order valence-corrected chi connectivity index (χ2v) is 5.59. The van der Waals surface area contributed by atoms with Crippen molar-refractivity contribution in [3.63, 3.8) is 0 Å². The van der Waals surface area contributed by atoms with E-state index in [4.69, 9.17) is 17.3 Å². The van der Waals surface area contributed by atoms with Crippen LogP contribution in [0.25, 0.3) is 0 Å². The summed E-state index contributed by atoms with van der Waals surface area (Å²) in [6.45, 7) is 2.28. The molecule has 1 aliphatic rings. The topological polar surface area (TPSA) is 26.0 Å². The van der Waals surface area contributed by atoms with Gasteiger partial charge in [0.05, 0.1) is 9.36 Å². The van der Waals surface area contributed by atoms with Crippen LogP contribution in [-0.2, 0) is 0 Å². The Morgan fingerprint density at radius 2 is 2.08 bits per heavy atom. The second-order valence-electron chi connectivity index (χ2n) is 3.66. The molecular formula is C9H15BrClN. The molecule has 12 heavy (non-hydrogen) atoms. The lowest BCUT2D eigenvalue weighted by atomic mass is 9.83. The van der Waals surface area contributed by atoms with Gasteiger partial charge in [-0.25, -0.2) is 0 Å². The van der Waals surface area contributed by atoms with Crippen LogP contribution in [0.2, 0.25) is 0 Å². The highest BCUT2D eigenvalue weighted by Gasteiger charge is 2.34. The summed E-state index contributed by atoms with van der Waals surface area (Å²) in [6.07, 6.45) is 6.16. The van der Waals surface area contributed by atoms with Crippen LogP contribution in [0.1, 0.15) is 32.6 Å². The molecule has 0 bridgehead atoms. The summed E-state index contributed by atoms with van der Waals surface area (Å²) >= 11 is 9.69. The van der Waals surface area contributed by atoms with Gasteiger partial charge in [0.2, 0.25) is 0 Å². The van der Waals surface area contributed by atoms with E-state index in [9.17, 15) is 0 Å². The van der Waals surface area contributed by atoms with E-state index in [1.807, 2.05) is 0 Å². The molecule has 0 aromatic carbocycles. The van der Waals surface area contributed by atoms with Crippen LogP contribution >= 0.6 is 27.5 Å². The lowest BCUT2D eigenvalue weighted by Gasteiger charge is -2.33. The summed E-state index contributed by atoms with van der Waals surface area (Å²) in [5.74, 6) is 0.831. The number of alkyl halides is 1. The minimum absolute atomic E-state index is 0.0180. The third kappa shape index (κ3) is 2.17. The van der Waals surface area contributed by atoms with E-state index < -0.39 is 0 Å². The molecule has 1 saturated carbocycles. The monoisotopic (exact) mass is 251 g/mol. The maximum absolute atomic E-state index is 6.02. The van der Waals surface area contributed by atoms with Crippen molar-refractivity contribution in [2.75, 3.05) is 0 Å². The van der Waals surface area contributed by atoms with Gasteiger partial charge in [0.25, 0.3) is 0 Å². The van der Waals surface area contributed by atoms with Crippen molar-refractivity contribution in [1.82, 2.24) is 0 Å². The molecule has 0 radical (unpaired) electrons. The Balaban J connectivity index is 2.62. The molecule has 1 rings (SSSR count). The Labute approximate surface area is 87.5 Å². The molecular weight excluding hydrogens is 237 g/mol. The van der Waals surface area contributed by atoms with Gasteiger partial charge >= 0.3 is 0 Å². The molecule has 1 nitrogen and oxygen atoms in total. The molecule has 0 amide bonds. The molecule has 70 valence electrons. The molecule has 0 aromatic rings. The summed E-state index contributed by atoms with van der Waals surface area (Å²) < 4.78 is -0.0180. The van der Waals surface area contributed by atoms with Gasteiger partial charge in [-0.2, -0.15) is 0 Å². The SMILES string of the molecule is CC1CCC(Br)(/C(Cl)=C\N)CC1. The van der Waals surface area contributed by atoms with Gasteiger partial charge in [0.1, 0.15) is 0 Å². The van der Waals surface area contributed by atoms with E-state index in [1.54, 1.807) is 0 Å². The summed E-state index contributed by atoms with van der Waals surface area (Å²) in [7, 11) is 0. The van der Waals surface area contributed by atoms with Crippen molar-refractivity contribution in [1.29, 1.82) is 0 Å². The van der Waals surface area contributed by atoms with E-state index in [2.05, 4.69) is 22.9 Å². The first kappa shape index (κ1) is 10.4. The largest absolute Gasteiger partial charge is 0.404 e. The van der Waals surface area contributed by atoms with Crippen molar-refractivity contribution in [2.45, 2.75) is 36.9 Å². The summed E-state index contributed by atoms with van der Waals surface area (Å²) in [5.41, 5.74) is 5.40. The van der Waals surface area contributed by atoms with Crippen LogP contribution in [0.15, 0.2) is 11.2 Å². The van der Waals surface area contributed by atoms with Crippen LogP contribution in [0, 0.1) is 5.92 Å². The van der Waals surface area contributed by atoms with E-state index in [1.165, 1.54) is 19.0 Å². The minimum atomic E-state index is -0.0180. The Morgan fingerprint density at radius 3 is 2.50 bits per heavy atom. The van der Waals surface area contributed by atoms with Crippen molar-refractivity contribution < 1.29 is 0 Å². The van der Waals surface area contributed by atoms with Crippen molar-refractivity contribution in [3.8, 4) is 0 Å². The van der Waals surface area contributed by atoms with Crippen LogP contribution in [-0.4, -0.2) is 4.32 Å². The van der Waals surface area contributed by atoms with Gasteiger partial charge in [-0.1, -0.05) is 34.5 Å². The molecule has 0 spiro atoms. The summed E-state index contributed by atoms with van der Waals surface area (Å²) in [5, 5.41) is 0.759. The molecule has 1 fully saturated rings. The highest BCUT2D eigenvalue weighted by molar-refractivity contribution is 9.10. The first-order chi connectivity index (χ1) is 5.58. The number of allylic oxidation sites excluding steroid dienone is 1. The molecule has 0 atom stereocenters. The predicted molar refractivity (Wildman–Crippen MR) is 57.4 cm³/mol. The third-order valence-corrected chi connectivity index (χ3v) is 4.58. The number of halogens is 2. The number of hydrogen-bond acceptors (Lipinski definition) is 1. The maximum atomic E-state index is 6.02. The number of nitrogens with two attached hydrogens (primary N) is 1. The van der Waals surface area contributed by atoms with E-state index >= 15 is 0 Å². The van der Waals surface area contributed by atoms with E-state index in [0.29, 0.717) is 0 Å². The molecule has 0 aliphatic heterocycles. The Bertz CT molecular complexity index is 183. The zero-order valence-corrected chi connectivity index (χ0v) is 9.66. The smallest absolute Gasteiger partial charge is 0.0627 e. The first-order valence-corrected chi connectivity index (χ1v) is 5.52. The lowest BCUT2D eigenvalue weighted by Crippen LogP contribution is -2.27. The molecule has 2 N–H and O–H groups in total. The van der Waals surface area contributed by atoms with Gasteiger partial charge in [-0.15, -0.1) is 0 Å². The second kappa shape index (κ2) is 4.01. The Kier molecular flexibility index (Phi) is 3.47. The standard InChI is InChI=1S/C9H15BrClN/c1-7-2-4-9(10,5-3-7)8(11)6-12/h6-7H,2-5,12H2,1H3/b8-6+. The average molecular weight is 253 g/mol. The van der Waals surface area contributed by atoms with E-state index in [-0.39, 0.29) is 4.32 Å². The van der Waals surface area contributed by atoms with Gasteiger partial charge in [-0.05, 0) is 31.6 Å². The van der Waals surface area contributed by atoms with Crippen LogP contribution in [0.5, 0.6) is 0 Å². The lowest BCUT2D eigenvalue weighted by molar-refractivity contribution is 0.355. The normalized spacial score (nSPS) is 38.2. The predicted octanol–water partition coefficient (Wildman–Crippen LogP) is 3.37. The summed E-state index contributed by atoms with van der Waals surface area (Å²) in [6, 6.07) is 0. The van der Waals surface area contributed by atoms with Gasteiger partial charge in [0, 0.05) is 6.20 Å². The fourth-order valence-corrected chi connectivity index (χ4v) is 2.39. The van der Waals surface area contributed by atoms with Crippen molar-refractivity contribution in [2.24, 2.45) is 11.7 Å². The highest BCUT2D eigenvalue weighted by atomic mass is 79.9. The van der Waals surface area contributed by atoms with Crippen molar-refractivity contribution in [3.05, 3.63) is 11.2 Å². The molecule has 0 unspecified atom stereocenters. The van der Waals surface area contributed by atoms with Gasteiger partial charge in [-0.3, -0.25) is 0 Å². The van der Waals surface area contributed by atoms with Gasteiger partial charge in [0.15, 0.2) is 0 Å². The van der Waals surface area contributed by atoms with E-state index in [0.717, 1.165) is 23.8 Å². The summed E-state index contributed by atoms with van der Waals surface area (Å²) in [4.78, 5) is 0. The highest BCUT2D eigenvalue weighted by Crippen LogP contribution is 2.44. The van der Waals surface area contributed by atoms with Gasteiger partial charge < -0.3 is 5.73 Å². The van der Waals surface area contributed by atoms with Crippen LogP contribution in [0.4, 0.5) is 0 Å². The molecule has 0 heterocycles. The molecule has 0 saturated heterocycles. The zero-order chi connectivity index (χ0) is 9.19. The fraction of sp³-hybridized carbons (Fsp3) is 0.778. The molecule has 0 aromatic heterocycles. The first-order valence-electron chi connectivity index (χ1n) is 4.35. The fourth-order valence-electron chi connectivity index (χ4n) is 1.61. The molecule has 3 heteroatoms. The van der Waals surface area contributed by atoms with Crippen LogP contribution < -0.4 is 5.73 Å². The minimum Gasteiger partial charge on any atom is -0.404 e. The maximum Gasteiger partial charge on any atom is 0.0627 e. The average Bonchev–Trinajstić information content (AvgIpc) is 2.09.